The van der Waals surface area contributed by atoms with E-state index in [-0.39, 0.29) is 0 Å². The Morgan fingerprint density at radius 3 is 2.71 bits per heavy atom. The SMILES string of the molecule is Cc1cccc(Cc2nc3c(C)cccn3c2C(C)O)c1. The van der Waals surface area contributed by atoms with Crippen molar-refractivity contribution in [1.29, 1.82) is 0 Å². The fourth-order valence-corrected chi connectivity index (χ4v) is 2.86. The van der Waals surface area contributed by atoms with Gasteiger partial charge in [0.2, 0.25) is 0 Å². The number of hydrogen-bond donors (Lipinski definition) is 1. The Kier molecular flexibility index (Phi) is 3.52. The largest absolute Gasteiger partial charge is 0.387 e. The molecule has 0 aliphatic carbocycles. The summed E-state index contributed by atoms with van der Waals surface area (Å²) in [5, 5.41) is 10.2. The van der Waals surface area contributed by atoms with Gasteiger partial charge in [-0.25, -0.2) is 4.98 Å². The van der Waals surface area contributed by atoms with Gasteiger partial charge in [0, 0.05) is 12.6 Å². The molecule has 0 fully saturated rings. The number of rotatable bonds is 3. The molecule has 0 radical (unpaired) electrons. The highest BCUT2D eigenvalue weighted by atomic mass is 16.3. The number of aliphatic hydroxyl groups excluding tert-OH is 1. The first-order chi connectivity index (χ1) is 10.1. The van der Waals surface area contributed by atoms with Crippen molar-refractivity contribution in [2.45, 2.75) is 33.3 Å². The van der Waals surface area contributed by atoms with Gasteiger partial charge in [-0.15, -0.1) is 0 Å². The van der Waals surface area contributed by atoms with E-state index < -0.39 is 6.10 Å². The number of nitrogens with zero attached hydrogens (tertiary/aromatic N) is 2. The van der Waals surface area contributed by atoms with Crippen LogP contribution in [0.1, 0.15) is 41.1 Å². The molecule has 3 heteroatoms. The Morgan fingerprint density at radius 2 is 2.00 bits per heavy atom. The highest BCUT2D eigenvalue weighted by Crippen LogP contribution is 2.24. The van der Waals surface area contributed by atoms with Gasteiger partial charge in [-0.2, -0.15) is 0 Å². The van der Waals surface area contributed by atoms with Crippen LogP contribution in [-0.2, 0) is 6.42 Å². The number of aryl methyl sites for hydroxylation is 2. The second-order valence-corrected chi connectivity index (χ2v) is 5.67. The Bertz CT molecular complexity index is 787. The van der Waals surface area contributed by atoms with Crippen molar-refractivity contribution in [1.82, 2.24) is 9.38 Å². The lowest BCUT2D eigenvalue weighted by molar-refractivity contribution is 0.192. The maximum absolute atomic E-state index is 10.2. The molecule has 1 N–H and O–H groups in total. The molecule has 0 amide bonds. The number of aliphatic hydroxyl groups is 1. The van der Waals surface area contributed by atoms with E-state index in [1.165, 1.54) is 11.1 Å². The van der Waals surface area contributed by atoms with Crippen LogP contribution in [0, 0.1) is 13.8 Å². The molecule has 108 valence electrons. The van der Waals surface area contributed by atoms with Crippen LogP contribution in [0.4, 0.5) is 0 Å². The molecule has 0 saturated heterocycles. The third-order valence-electron chi connectivity index (χ3n) is 3.81. The molecule has 2 aromatic heterocycles. The number of fused-ring (bicyclic) bond motifs is 1. The van der Waals surface area contributed by atoms with Crippen LogP contribution < -0.4 is 0 Å². The topological polar surface area (TPSA) is 37.5 Å². The second kappa shape index (κ2) is 5.34. The fourth-order valence-electron chi connectivity index (χ4n) is 2.86. The first-order valence-corrected chi connectivity index (χ1v) is 7.26. The normalized spacial score (nSPS) is 12.8. The van der Waals surface area contributed by atoms with Gasteiger partial charge in [0.1, 0.15) is 5.65 Å². The van der Waals surface area contributed by atoms with Crippen molar-refractivity contribution in [3.63, 3.8) is 0 Å². The molecule has 3 aromatic rings. The van der Waals surface area contributed by atoms with Crippen molar-refractivity contribution in [2.24, 2.45) is 0 Å². The number of hydrogen-bond acceptors (Lipinski definition) is 2. The van der Waals surface area contributed by atoms with Gasteiger partial charge in [-0.1, -0.05) is 35.9 Å². The average molecular weight is 280 g/mol. The van der Waals surface area contributed by atoms with Gasteiger partial charge < -0.3 is 9.51 Å². The zero-order chi connectivity index (χ0) is 15.0. The van der Waals surface area contributed by atoms with Crippen LogP contribution in [0.3, 0.4) is 0 Å². The standard InChI is InChI=1S/C18H20N2O/c1-12-6-4-8-15(10-12)11-16-17(14(3)21)20-9-5-7-13(2)18(20)19-16/h4-10,14,21H,11H2,1-3H3. The zero-order valence-corrected chi connectivity index (χ0v) is 12.7. The highest BCUT2D eigenvalue weighted by Gasteiger charge is 2.17. The monoisotopic (exact) mass is 280 g/mol. The Morgan fingerprint density at radius 1 is 1.19 bits per heavy atom. The van der Waals surface area contributed by atoms with E-state index >= 15 is 0 Å². The molecule has 0 aliphatic heterocycles. The fraction of sp³-hybridized carbons (Fsp3) is 0.278. The quantitative estimate of drug-likeness (QED) is 0.796. The summed E-state index contributed by atoms with van der Waals surface area (Å²) < 4.78 is 2.01. The summed E-state index contributed by atoms with van der Waals surface area (Å²) in [5.41, 5.74) is 6.34. The van der Waals surface area contributed by atoms with Crippen molar-refractivity contribution >= 4 is 5.65 Å². The van der Waals surface area contributed by atoms with Crippen molar-refractivity contribution < 1.29 is 5.11 Å². The molecule has 2 heterocycles. The molecule has 0 bridgehead atoms. The molecular weight excluding hydrogens is 260 g/mol. The van der Waals surface area contributed by atoms with Crippen LogP contribution >= 0.6 is 0 Å². The molecule has 0 spiro atoms. The van der Waals surface area contributed by atoms with Gasteiger partial charge in [-0.3, -0.25) is 0 Å². The molecule has 1 aromatic carbocycles. The van der Waals surface area contributed by atoms with E-state index in [2.05, 4.69) is 31.2 Å². The molecular formula is C18H20N2O. The molecule has 1 atom stereocenters. The van der Waals surface area contributed by atoms with Crippen molar-refractivity contribution in [2.75, 3.05) is 0 Å². The lowest BCUT2D eigenvalue weighted by Crippen LogP contribution is -2.02. The number of pyridine rings is 1. The van der Waals surface area contributed by atoms with E-state index in [0.717, 1.165) is 29.0 Å². The molecule has 0 saturated carbocycles. The number of imidazole rings is 1. The highest BCUT2D eigenvalue weighted by molar-refractivity contribution is 5.51. The van der Waals surface area contributed by atoms with E-state index in [1.54, 1.807) is 6.92 Å². The van der Waals surface area contributed by atoms with E-state index in [0.29, 0.717) is 0 Å². The molecule has 3 nitrogen and oxygen atoms in total. The maximum Gasteiger partial charge on any atom is 0.140 e. The van der Waals surface area contributed by atoms with E-state index in [9.17, 15) is 5.11 Å². The van der Waals surface area contributed by atoms with Crippen LogP contribution in [0.25, 0.3) is 5.65 Å². The van der Waals surface area contributed by atoms with Gasteiger partial charge in [0.05, 0.1) is 17.5 Å². The van der Waals surface area contributed by atoms with Crippen LogP contribution in [0.15, 0.2) is 42.6 Å². The summed E-state index contributed by atoms with van der Waals surface area (Å²) in [5.74, 6) is 0. The third-order valence-corrected chi connectivity index (χ3v) is 3.81. The Labute approximate surface area is 124 Å². The first-order valence-electron chi connectivity index (χ1n) is 7.26. The maximum atomic E-state index is 10.2. The van der Waals surface area contributed by atoms with Crippen LogP contribution in [0.2, 0.25) is 0 Å². The summed E-state index contributed by atoms with van der Waals surface area (Å²) in [6.07, 6.45) is 2.17. The average Bonchev–Trinajstić information content (AvgIpc) is 2.78. The summed E-state index contributed by atoms with van der Waals surface area (Å²) in [6.45, 7) is 5.93. The molecule has 1 unspecified atom stereocenters. The Hall–Kier alpha value is -2.13. The van der Waals surface area contributed by atoms with Crippen LogP contribution in [-0.4, -0.2) is 14.5 Å². The van der Waals surface area contributed by atoms with Gasteiger partial charge in [0.15, 0.2) is 0 Å². The molecule has 21 heavy (non-hydrogen) atoms. The molecule has 0 aliphatic rings. The predicted molar refractivity (Wildman–Crippen MR) is 84.5 cm³/mol. The summed E-state index contributed by atoms with van der Waals surface area (Å²) in [7, 11) is 0. The number of aromatic nitrogens is 2. The third kappa shape index (κ3) is 2.57. The lowest BCUT2D eigenvalue weighted by Gasteiger charge is -2.08. The zero-order valence-electron chi connectivity index (χ0n) is 12.7. The molecule has 3 rings (SSSR count). The second-order valence-electron chi connectivity index (χ2n) is 5.67. The van der Waals surface area contributed by atoms with Crippen molar-refractivity contribution in [3.05, 3.63) is 70.7 Å². The first kappa shape index (κ1) is 13.8. The Balaban J connectivity index is 2.13. The summed E-state index contributed by atoms with van der Waals surface area (Å²) in [4.78, 5) is 4.76. The van der Waals surface area contributed by atoms with Crippen LogP contribution in [0.5, 0.6) is 0 Å². The summed E-state index contributed by atoms with van der Waals surface area (Å²) in [6, 6.07) is 12.5. The van der Waals surface area contributed by atoms with Gasteiger partial charge in [-0.05, 0) is 38.0 Å². The minimum absolute atomic E-state index is 0.540. The van der Waals surface area contributed by atoms with E-state index in [1.807, 2.05) is 29.7 Å². The van der Waals surface area contributed by atoms with Gasteiger partial charge in [0.25, 0.3) is 0 Å². The predicted octanol–water partition coefficient (Wildman–Crippen LogP) is 3.60. The number of benzene rings is 1. The lowest BCUT2D eigenvalue weighted by atomic mass is 10.0. The van der Waals surface area contributed by atoms with Gasteiger partial charge >= 0.3 is 0 Å². The van der Waals surface area contributed by atoms with E-state index in [4.69, 9.17) is 4.98 Å². The smallest absolute Gasteiger partial charge is 0.140 e. The van der Waals surface area contributed by atoms with Crippen molar-refractivity contribution in [3.8, 4) is 0 Å². The minimum atomic E-state index is -0.540. The summed E-state index contributed by atoms with van der Waals surface area (Å²) >= 11 is 0. The minimum Gasteiger partial charge on any atom is -0.387 e.